The Bertz CT molecular complexity index is 1070. The zero-order valence-electron chi connectivity index (χ0n) is 16.1. The van der Waals surface area contributed by atoms with Crippen LogP contribution in [0.4, 0.5) is 5.69 Å². The topological polar surface area (TPSA) is 64.0 Å². The lowest BCUT2D eigenvalue weighted by atomic mass is 10.1. The van der Waals surface area contributed by atoms with Crippen molar-refractivity contribution < 1.29 is 4.79 Å². The zero-order valence-corrected chi connectivity index (χ0v) is 17.8. The van der Waals surface area contributed by atoms with E-state index in [0.717, 1.165) is 32.9 Å². The molecule has 3 aromatic rings. The van der Waals surface area contributed by atoms with Gasteiger partial charge in [-0.1, -0.05) is 30.8 Å². The van der Waals surface area contributed by atoms with Gasteiger partial charge in [0.25, 0.3) is 5.56 Å². The van der Waals surface area contributed by atoms with Crippen LogP contribution in [0.25, 0.3) is 10.2 Å². The number of carbonyl (C=O) groups excluding carboxylic acids is 1. The summed E-state index contributed by atoms with van der Waals surface area (Å²) in [5, 5.41) is 4.10. The predicted molar refractivity (Wildman–Crippen MR) is 114 cm³/mol. The molecule has 0 saturated heterocycles. The predicted octanol–water partition coefficient (Wildman–Crippen LogP) is 4.56. The standard InChI is InChI=1S/C20H23N3O2S2/c1-6-14-10-15-18(27-14)22-20(26-5)23(19(15)25)13(4)17(24)21-16-9-11(2)7-8-12(16)3/h7-10,13H,6H2,1-5H3,(H,21,24). The number of aryl methyl sites for hydroxylation is 3. The van der Waals surface area contributed by atoms with Crippen molar-refractivity contribution in [1.29, 1.82) is 0 Å². The Morgan fingerprint density at radius 1 is 1.33 bits per heavy atom. The number of hydrogen-bond donors (Lipinski definition) is 1. The Balaban J connectivity index is 2.02. The molecule has 0 spiro atoms. The van der Waals surface area contributed by atoms with E-state index in [1.165, 1.54) is 27.7 Å². The fourth-order valence-corrected chi connectivity index (χ4v) is 4.55. The molecular formula is C20H23N3O2S2. The van der Waals surface area contributed by atoms with E-state index in [9.17, 15) is 9.59 Å². The molecule has 0 bridgehead atoms. The van der Waals surface area contributed by atoms with Gasteiger partial charge in [-0.05, 0) is 56.7 Å². The SMILES string of the molecule is CCc1cc2c(=O)n(C(C)C(=O)Nc3cc(C)ccc3C)c(SC)nc2s1. The number of thiophene rings is 1. The van der Waals surface area contributed by atoms with E-state index in [0.29, 0.717) is 10.5 Å². The molecule has 142 valence electrons. The number of hydrogen-bond acceptors (Lipinski definition) is 5. The summed E-state index contributed by atoms with van der Waals surface area (Å²) in [5.41, 5.74) is 2.66. The van der Waals surface area contributed by atoms with Crippen molar-refractivity contribution in [2.75, 3.05) is 11.6 Å². The van der Waals surface area contributed by atoms with Gasteiger partial charge >= 0.3 is 0 Å². The lowest BCUT2D eigenvalue weighted by Crippen LogP contribution is -2.33. The van der Waals surface area contributed by atoms with Crippen LogP contribution in [0.3, 0.4) is 0 Å². The highest BCUT2D eigenvalue weighted by Crippen LogP contribution is 2.26. The number of nitrogens with zero attached hydrogens (tertiary/aromatic N) is 2. The van der Waals surface area contributed by atoms with E-state index in [-0.39, 0.29) is 11.5 Å². The third-order valence-corrected chi connectivity index (χ3v) is 6.39. The molecule has 2 aromatic heterocycles. The molecule has 1 amide bonds. The van der Waals surface area contributed by atoms with Gasteiger partial charge in [-0.25, -0.2) is 4.98 Å². The summed E-state index contributed by atoms with van der Waals surface area (Å²) in [4.78, 5) is 32.5. The zero-order chi connectivity index (χ0) is 19.7. The molecule has 2 heterocycles. The van der Waals surface area contributed by atoms with Gasteiger partial charge in [0.2, 0.25) is 5.91 Å². The Morgan fingerprint density at radius 3 is 2.74 bits per heavy atom. The van der Waals surface area contributed by atoms with Gasteiger partial charge < -0.3 is 5.32 Å². The maximum Gasteiger partial charge on any atom is 0.263 e. The second-order valence-corrected chi connectivity index (χ2v) is 8.43. The van der Waals surface area contributed by atoms with E-state index < -0.39 is 6.04 Å². The summed E-state index contributed by atoms with van der Waals surface area (Å²) < 4.78 is 1.50. The number of amides is 1. The fourth-order valence-electron chi connectivity index (χ4n) is 2.91. The van der Waals surface area contributed by atoms with E-state index in [4.69, 9.17) is 0 Å². The maximum absolute atomic E-state index is 13.1. The molecule has 27 heavy (non-hydrogen) atoms. The van der Waals surface area contributed by atoms with Crippen LogP contribution < -0.4 is 10.9 Å². The second kappa shape index (κ2) is 7.86. The third-order valence-electron chi connectivity index (χ3n) is 4.56. The van der Waals surface area contributed by atoms with Crippen LogP contribution in [-0.2, 0) is 11.2 Å². The number of aromatic nitrogens is 2. The number of benzene rings is 1. The number of rotatable bonds is 5. The average Bonchev–Trinajstić information content (AvgIpc) is 3.07. The molecule has 7 heteroatoms. The van der Waals surface area contributed by atoms with E-state index in [2.05, 4.69) is 17.2 Å². The summed E-state index contributed by atoms with van der Waals surface area (Å²) >= 11 is 2.92. The largest absolute Gasteiger partial charge is 0.324 e. The minimum absolute atomic E-state index is 0.163. The van der Waals surface area contributed by atoms with Gasteiger partial charge in [0.15, 0.2) is 5.16 Å². The monoisotopic (exact) mass is 401 g/mol. The lowest BCUT2D eigenvalue weighted by Gasteiger charge is -2.18. The number of anilines is 1. The summed E-state index contributed by atoms with van der Waals surface area (Å²) in [7, 11) is 0. The van der Waals surface area contributed by atoms with Crippen LogP contribution in [0, 0.1) is 13.8 Å². The van der Waals surface area contributed by atoms with Crippen molar-refractivity contribution in [1.82, 2.24) is 9.55 Å². The molecule has 1 aromatic carbocycles. The minimum atomic E-state index is -0.665. The maximum atomic E-state index is 13.1. The Hall–Kier alpha value is -2.12. The number of thioether (sulfide) groups is 1. The minimum Gasteiger partial charge on any atom is -0.324 e. The first-order valence-electron chi connectivity index (χ1n) is 8.82. The van der Waals surface area contributed by atoms with Crippen molar-refractivity contribution in [3.05, 3.63) is 50.6 Å². The van der Waals surface area contributed by atoms with Gasteiger partial charge in [-0.2, -0.15) is 0 Å². The first kappa shape index (κ1) is 19.6. The normalized spacial score (nSPS) is 12.3. The van der Waals surface area contributed by atoms with Gasteiger partial charge in [-0.3, -0.25) is 14.2 Å². The Kier molecular flexibility index (Phi) is 5.72. The van der Waals surface area contributed by atoms with Crippen molar-refractivity contribution in [3.8, 4) is 0 Å². The van der Waals surface area contributed by atoms with Crippen molar-refractivity contribution in [2.24, 2.45) is 0 Å². The van der Waals surface area contributed by atoms with Crippen LogP contribution >= 0.6 is 23.1 Å². The number of fused-ring (bicyclic) bond motifs is 1. The molecule has 1 unspecified atom stereocenters. The molecule has 0 saturated carbocycles. The molecular weight excluding hydrogens is 378 g/mol. The highest BCUT2D eigenvalue weighted by Gasteiger charge is 2.23. The molecule has 1 atom stereocenters. The van der Waals surface area contributed by atoms with Crippen molar-refractivity contribution in [2.45, 2.75) is 45.3 Å². The van der Waals surface area contributed by atoms with E-state index in [1.807, 2.05) is 44.4 Å². The molecule has 0 aliphatic carbocycles. The van der Waals surface area contributed by atoms with Gasteiger partial charge in [0.1, 0.15) is 10.9 Å². The molecule has 0 aliphatic rings. The molecule has 0 aliphatic heterocycles. The summed E-state index contributed by atoms with van der Waals surface area (Å²) in [6, 6.07) is 7.14. The highest BCUT2D eigenvalue weighted by molar-refractivity contribution is 7.98. The van der Waals surface area contributed by atoms with Crippen LogP contribution in [-0.4, -0.2) is 21.7 Å². The first-order chi connectivity index (χ1) is 12.8. The van der Waals surface area contributed by atoms with Gasteiger partial charge in [0, 0.05) is 10.6 Å². The van der Waals surface area contributed by atoms with Crippen molar-refractivity contribution >= 4 is 44.9 Å². The molecule has 5 nitrogen and oxygen atoms in total. The van der Waals surface area contributed by atoms with Gasteiger partial charge in [-0.15, -0.1) is 11.3 Å². The Morgan fingerprint density at radius 2 is 2.07 bits per heavy atom. The third kappa shape index (κ3) is 3.80. The first-order valence-corrected chi connectivity index (χ1v) is 10.9. The van der Waals surface area contributed by atoms with Crippen LogP contribution in [0.15, 0.2) is 34.2 Å². The average molecular weight is 402 g/mol. The highest BCUT2D eigenvalue weighted by atomic mass is 32.2. The quantitative estimate of drug-likeness (QED) is 0.503. The Labute approximate surface area is 166 Å². The van der Waals surface area contributed by atoms with Crippen molar-refractivity contribution in [3.63, 3.8) is 0 Å². The molecule has 0 fully saturated rings. The summed E-state index contributed by atoms with van der Waals surface area (Å²) in [6.45, 7) is 7.72. The number of carbonyl (C=O) groups is 1. The molecule has 1 N–H and O–H groups in total. The van der Waals surface area contributed by atoms with Crippen LogP contribution in [0.5, 0.6) is 0 Å². The van der Waals surface area contributed by atoms with E-state index >= 15 is 0 Å². The molecule has 0 radical (unpaired) electrons. The summed E-state index contributed by atoms with van der Waals surface area (Å²) in [5.74, 6) is -0.229. The fraction of sp³-hybridized carbons (Fsp3) is 0.350. The number of nitrogens with one attached hydrogen (secondary N) is 1. The van der Waals surface area contributed by atoms with E-state index in [1.54, 1.807) is 6.92 Å². The summed E-state index contributed by atoms with van der Waals surface area (Å²) in [6.07, 6.45) is 2.73. The molecule has 3 rings (SSSR count). The van der Waals surface area contributed by atoms with Crippen LogP contribution in [0.1, 0.15) is 35.9 Å². The van der Waals surface area contributed by atoms with Crippen LogP contribution in [0.2, 0.25) is 0 Å². The smallest absolute Gasteiger partial charge is 0.263 e. The lowest BCUT2D eigenvalue weighted by molar-refractivity contribution is -0.119. The van der Waals surface area contributed by atoms with Gasteiger partial charge in [0.05, 0.1) is 5.39 Å². The second-order valence-electron chi connectivity index (χ2n) is 6.54.